The predicted octanol–water partition coefficient (Wildman–Crippen LogP) is 9.06. The van der Waals surface area contributed by atoms with Crippen LogP contribution in [-0.4, -0.2) is 52.4 Å². The van der Waals surface area contributed by atoms with Gasteiger partial charge >= 0.3 is 12.1 Å². The number of anilines is 4. The molecule has 0 unspecified atom stereocenters. The largest absolute Gasteiger partial charge is 0.488 e. The SMILES string of the molecule is Cc1ccc(-n2nc(C(C)(C)C)cc2NC(=O)Nc2ccc(OCc3ccnc(Nc4cnc(CN(C(=O)O)C(C)(C)C)cn4)c3)c3ccccc23)cc1. The molecule has 13 heteroatoms. The molecule has 3 aromatic carbocycles. The molecule has 3 aromatic heterocycles. The first kappa shape index (κ1) is 37.3. The van der Waals surface area contributed by atoms with Crippen LogP contribution in [0.3, 0.4) is 0 Å². The van der Waals surface area contributed by atoms with Crippen molar-refractivity contribution in [3.63, 3.8) is 0 Å². The highest BCUT2D eigenvalue weighted by molar-refractivity contribution is 6.07. The summed E-state index contributed by atoms with van der Waals surface area (Å²) in [6, 6.07) is 24.6. The van der Waals surface area contributed by atoms with E-state index in [1.807, 2.05) is 107 Å². The minimum absolute atomic E-state index is 0.121. The lowest BCUT2D eigenvalue weighted by Gasteiger charge is -2.32. The Morgan fingerprint density at radius 3 is 2.24 bits per heavy atom. The van der Waals surface area contributed by atoms with Crippen LogP contribution >= 0.6 is 0 Å². The molecule has 54 heavy (non-hydrogen) atoms. The normalized spacial score (nSPS) is 11.6. The predicted molar refractivity (Wildman–Crippen MR) is 211 cm³/mol. The van der Waals surface area contributed by atoms with Gasteiger partial charge in [-0.1, -0.05) is 62.7 Å². The third kappa shape index (κ3) is 8.92. The lowest BCUT2D eigenvalue weighted by atomic mass is 9.92. The van der Waals surface area contributed by atoms with E-state index in [-0.39, 0.29) is 18.6 Å². The molecule has 3 heterocycles. The van der Waals surface area contributed by atoms with Gasteiger partial charge in [-0.05, 0) is 69.7 Å². The highest BCUT2D eigenvalue weighted by atomic mass is 16.5. The zero-order valence-electron chi connectivity index (χ0n) is 31.5. The van der Waals surface area contributed by atoms with E-state index < -0.39 is 17.7 Å². The van der Waals surface area contributed by atoms with E-state index in [2.05, 4.69) is 51.7 Å². The number of rotatable bonds is 10. The molecule has 0 aliphatic carbocycles. The van der Waals surface area contributed by atoms with Gasteiger partial charge in [0.15, 0.2) is 0 Å². The number of fused-ring (bicyclic) bond motifs is 1. The summed E-state index contributed by atoms with van der Waals surface area (Å²) in [7, 11) is 0. The fourth-order valence-electron chi connectivity index (χ4n) is 5.68. The number of hydrogen-bond donors (Lipinski definition) is 4. The van der Waals surface area contributed by atoms with E-state index in [4.69, 9.17) is 9.84 Å². The molecule has 0 spiro atoms. The summed E-state index contributed by atoms with van der Waals surface area (Å²) < 4.78 is 8.05. The Morgan fingerprint density at radius 2 is 1.57 bits per heavy atom. The lowest BCUT2D eigenvalue weighted by molar-refractivity contribution is 0.0946. The minimum Gasteiger partial charge on any atom is -0.488 e. The molecule has 0 saturated carbocycles. The number of benzene rings is 3. The molecule has 0 fully saturated rings. The number of aryl methyl sites for hydroxylation is 1. The van der Waals surface area contributed by atoms with Crippen molar-refractivity contribution in [1.82, 2.24) is 29.6 Å². The highest BCUT2D eigenvalue weighted by Gasteiger charge is 2.27. The molecule has 0 aliphatic heterocycles. The van der Waals surface area contributed by atoms with E-state index in [1.165, 1.54) is 4.90 Å². The summed E-state index contributed by atoms with van der Waals surface area (Å²) in [6.07, 6.45) is 3.75. The fourth-order valence-corrected chi connectivity index (χ4v) is 5.68. The third-order valence-corrected chi connectivity index (χ3v) is 8.67. The van der Waals surface area contributed by atoms with Crippen LogP contribution in [0.5, 0.6) is 5.75 Å². The fraction of sp³-hybridized carbons (Fsp3) is 0.268. The first-order chi connectivity index (χ1) is 25.6. The standard InChI is InChI=1S/C41H45N9O4/c1-26-12-14-29(15-13-26)50-37(21-34(48-50)40(2,3)4)47-38(51)45-32-16-17-33(31-11-9-8-10-30(31)32)54-25-27-18-19-42-35(20-27)46-36-23-43-28(22-44-36)24-49(39(52)53)41(5,6)7/h8-23H,24-25H2,1-7H3,(H,52,53)(H,42,44,46)(H2,45,47,51). The summed E-state index contributed by atoms with van der Waals surface area (Å²) in [4.78, 5) is 39.7. The quantitative estimate of drug-likeness (QED) is 0.108. The Balaban J connectivity index is 1.13. The molecule has 6 rings (SSSR count). The number of carbonyl (C=O) groups is 2. The van der Waals surface area contributed by atoms with E-state index in [0.29, 0.717) is 34.6 Å². The second-order valence-electron chi connectivity index (χ2n) is 15.0. The average molecular weight is 728 g/mol. The molecule has 0 saturated heterocycles. The number of carboxylic acid groups (broad SMARTS) is 1. The third-order valence-electron chi connectivity index (χ3n) is 8.67. The first-order valence-corrected chi connectivity index (χ1v) is 17.6. The summed E-state index contributed by atoms with van der Waals surface area (Å²) in [5, 5.41) is 25.3. The second-order valence-corrected chi connectivity index (χ2v) is 15.0. The van der Waals surface area contributed by atoms with Gasteiger partial charge in [0.25, 0.3) is 0 Å². The molecular formula is C41H45N9O4. The Morgan fingerprint density at radius 1 is 0.833 bits per heavy atom. The number of nitrogens with one attached hydrogen (secondary N) is 3. The molecule has 0 atom stereocenters. The van der Waals surface area contributed by atoms with Gasteiger partial charge in [-0.15, -0.1) is 0 Å². The van der Waals surface area contributed by atoms with Gasteiger partial charge in [-0.2, -0.15) is 5.10 Å². The van der Waals surface area contributed by atoms with Gasteiger partial charge in [-0.25, -0.2) is 24.2 Å². The molecule has 3 amide bonds. The summed E-state index contributed by atoms with van der Waals surface area (Å²) in [5.41, 5.74) is 4.06. The molecular weight excluding hydrogens is 683 g/mol. The summed E-state index contributed by atoms with van der Waals surface area (Å²) in [5.74, 6) is 2.23. The van der Waals surface area contributed by atoms with Crippen molar-refractivity contribution in [3.8, 4) is 11.4 Å². The number of ether oxygens (including phenoxy) is 1. The Labute approximate surface area is 314 Å². The van der Waals surface area contributed by atoms with Crippen molar-refractivity contribution in [1.29, 1.82) is 0 Å². The number of carbonyl (C=O) groups excluding carboxylic acids is 1. The number of nitrogens with zero attached hydrogens (tertiary/aromatic N) is 6. The zero-order chi connectivity index (χ0) is 38.6. The zero-order valence-corrected chi connectivity index (χ0v) is 31.5. The maximum absolute atomic E-state index is 13.5. The highest BCUT2D eigenvalue weighted by Crippen LogP contribution is 2.33. The lowest BCUT2D eigenvalue weighted by Crippen LogP contribution is -2.44. The van der Waals surface area contributed by atoms with Crippen LogP contribution in [0.15, 0.2) is 97.5 Å². The van der Waals surface area contributed by atoms with Gasteiger partial charge in [0.2, 0.25) is 0 Å². The average Bonchev–Trinajstić information content (AvgIpc) is 3.55. The van der Waals surface area contributed by atoms with Gasteiger partial charge in [0.1, 0.15) is 29.8 Å². The van der Waals surface area contributed by atoms with Crippen LogP contribution in [0, 0.1) is 6.92 Å². The summed E-state index contributed by atoms with van der Waals surface area (Å²) >= 11 is 0. The Hall–Kier alpha value is -6.50. The number of pyridine rings is 1. The number of aromatic nitrogens is 5. The molecule has 0 aliphatic rings. The van der Waals surface area contributed by atoms with Crippen LogP contribution in [0.4, 0.5) is 32.7 Å². The molecule has 13 nitrogen and oxygen atoms in total. The summed E-state index contributed by atoms with van der Waals surface area (Å²) in [6.45, 7) is 14.2. The topological polar surface area (TPSA) is 159 Å². The van der Waals surface area contributed by atoms with Gasteiger partial charge < -0.3 is 20.5 Å². The van der Waals surface area contributed by atoms with Gasteiger partial charge in [0.05, 0.1) is 41.7 Å². The molecule has 278 valence electrons. The molecule has 4 N–H and O–H groups in total. The van der Waals surface area contributed by atoms with Crippen molar-refractivity contribution < 1.29 is 19.4 Å². The van der Waals surface area contributed by atoms with E-state index in [0.717, 1.165) is 33.3 Å². The van der Waals surface area contributed by atoms with Crippen molar-refractivity contribution in [2.45, 2.75) is 72.6 Å². The number of hydrogen-bond acceptors (Lipinski definition) is 8. The van der Waals surface area contributed by atoms with Crippen LogP contribution < -0.4 is 20.7 Å². The van der Waals surface area contributed by atoms with Crippen LogP contribution in [0.25, 0.3) is 16.5 Å². The van der Waals surface area contributed by atoms with Crippen molar-refractivity contribution in [2.24, 2.45) is 0 Å². The smallest absolute Gasteiger partial charge is 0.408 e. The monoisotopic (exact) mass is 727 g/mol. The maximum atomic E-state index is 13.5. The van der Waals surface area contributed by atoms with E-state index in [9.17, 15) is 14.7 Å². The second kappa shape index (κ2) is 15.2. The van der Waals surface area contributed by atoms with Gasteiger partial charge in [0, 0.05) is 34.0 Å². The Kier molecular flexibility index (Phi) is 10.5. The molecule has 0 bridgehead atoms. The number of amides is 3. The van der Waals surface area contributed by atoms with Crippen LogP contribution in [-0.2, 0) is 18.6 Å². The minimum atomic E-state index is -1.02. The first-order valence-electron chi connectivity index (χ1n) is 17.6. The van der Waals surface area contributed by atoms with Crippen LogP contribution in [0.2, 0.25) is 0 Å². The maximum Gasteiger partial charge on any atom is 0.408 e. The number of urea groups is 1. The van der Waals surface area contributed by atoms with Crippen molar-refractivity contribution >= 4 is 46.0 Å². The van der Waals surface area contributed by atoms with E-state index >= 15 is 0 Å². The van der Waals surface area contributed by atoms with Crippen molar-refractivity contribution in [3.05, 3.63) is 120 Å². The van der Waals surface area contributed by atoms with E-state index in [1.54, 1.807) is 23.3 Å². The molecule has 6 aromatic rings. The van der Waals surface area contributed by atoms with Gasteiger partial charge in [-0.3, -0.25) is 15.2 Å². The molecule has 0 radical (unpaired) electrons. The van der Waals surface area contributed by atoms with Crippen LogP contribution in [0.1, 0.15) is 64.1 Å². The van der Waals surface area contributed by atoms with Crippen molar-refractivity contribution in [2.75, 3.05) is 16.0 Å². The Bertz CT molecular complexity index is 2270.